The summed E-state index contributed by atoms with van der Waals surface area (Å²) in [7, 11) is 3.50. The van der Waals surface area contributed by atoms with E-state index < -0.39 is 0 Å². The molecule has 0 unspecified atom stereocenters. The van der Waals surface area contributed by atoms with Crippen molar-refractivity contribution in [1.29, 1.82) is 0 Å². The number of hydrogen-bond acceptors (Lipinski definition) is 0. The normalized spacial score (nSPS) is 3.60. The van der Waals surface area contributed by atoms with Crippen molar-refractivity contribution < 1.29 is 54.4 Å². The van der Waals surface area contributed by atoms with Crippen LogP contribution >= 0.6 is 0 Å². The predicted octanol–water partition coefficient (Wildman–Crippen LogP) is 0.615. The molecule has 0 fully saturated rings. The zero-order valence-corrected chi connectivity index (χ0v) is 7.92. The van der Waals surface area contributed by atoms with E-state index in [1.165, 1.54) is 0 Å². The van der Waals surface area contributed by atoms with E-state index in [-0.39, 0.29) is 54.4 Å². The van der Waals surface area contributed by atoms with Crippen LogP contribution in [0.2, 0.25) is 0 Å². The van der Waals surface area contributed by atoms with Crippen molar-refractivity contribution in [1.82, 2.24) is 0 Å². The largest absolute Gasteiger partial charge is 0.668 e. The van der Waals surface area contributed by atoms with E-state index in [1.54, 1.807) is 14.1 Å². The van der Waals surface area contributed by atoms with Crippen molar-refractivity contribution in [2.45, 2.75) is 0 Å². The molecule has 0 aromatic carbocycles. The first-order chi connectivity index (χ1) is 1.41. The third-order valence-corrected chi connectivity index (χ3v) is 0. The molecule has 0 saturated heterocycles. The van der Waals surface area contributed by atoms with Crippen LogP contribution in [0.1, 0.15) is 0 Å². The molecular weight excluding hydrogens is 175 g/mol. The zero-order valence-electron chi connectivity index (χ0n) is 3.52. The van der Waals surface area contributed by atoms with E-state index in [4.69, 9.17) is 0 Å². The minimum atomic E-state index is 0. The van der Waals surface area contributed by atoms with Gasteiger partial charge >= 0.3 is 0 Å². The third kappa shape index (κ3) is 26.1. The van der Waals surface area contributed by atoms with Gasteiger partial charge in [0, 0.05) is 54.4 Å². The Labute approximate surface area is 73.0 Å². The molecule has 1 radical (unpaired) electrons. The maximum Gasteiger partial charge on any atom is 0 e. The molecule has 0 aromatic heterocycles. The van der Waals surface area contributed by atoms with Crippen molar-refractivity contribution in [3.63, 3.8) is 0 Å². The summed E-state index contributed by atoms with van der Waals surface area (Å²) >= 11 is 0. The molecule has 27 valence electrons. The summed E-state index contributed by atoms with van der Waals surface area (Å²) in [6.07, 6.45) is 0. The number of hydrogen-bond donors (Lipinski definition) is 0. The molecule has 0 rings (SSSR count). The van der Waals surface area contributed by atoms with E-state index in [0.717, 1.165) is 0 Å². The molecule has 3 heteroatoms. The van der Waals surface area contributed by atoms with Crippen LogP contribution in [-0.2, 0) is 54.4 Å². The first-order valence-corrected chi connectivity index (χ1v) is 0.894. The van der Waals surface area contributed by atoms with E-state index in [1.807, 2.05) is 0 Å². The molecule has 0 bridgehead atoms. The summed E-state index contributed by atoms with van der Waals surface area (Å²) in [5.74, 6) is 0. The van der Waals surface area contributed by atoms with E-state index in [9.17, 15) is 0 Å². The van der Waals surface area contributed by atoms with Crippen molar-refractivity contribution in [2.24, 2.45) is 0 Å². The van der Waals surface area contributed by atoms with Gasteiger partial charge in [0.2, 0.25) is 0 Å². The van der Waals surface area contributed by atoms with E-state index in [0.29, 0.717) is 0 Å². The fourth-order valence-electron chi connectivity index (χ4n) is 0. The first-order valence-electron chi connectivity index (χ1n) is 0.894. The van der Waals surface area contributed by atoms with Crippen molar-refractivity contribution in [3.05, 3.63) is 5.32 Å². The second-order valence-electron chi connectivity index (χ2n) is 0.447. The molecule has 0 amide bonds. The molecule has 0 aliphatic carbocycles. The fourth-order valence-corrected chi connectivity index (χ4v) is 0. The summed E-state index contributed by atoms with van der Waals surface area (Å²) in [5, 5.41) is 3.50. The maximum atomic E-state index is 3.50. The van der Waals surface area contributed by atoms with Crippen LogP contribution in [0.4, 0.5) is 0 Å². The van der Waals surface area contributed by atoms with Crippen molar-refractivity contribution in [3.8, 4) is 0 Å². The standard InChI is InChI=1S/C2H6N.Ti.Y/c1-3-2;;/h1-2H3;;/q-1;;. The second kappa shape index (κ2) is 17.1. The Balaban J connectivity index is -0.0000000200. The fraction of sp³-hybridized carbons (Fsp3) is 1.00. The van der Waals surface area contributed by atoms with Crippen LogP contribution in [0, 0.1) is 0 Å². The molecule has 0 atom stereocenters. The summed E-state index contributed by atoms with van der Waals surface area (Å²) in [6, 6.07) is 0. The third-order valence-electron chi connectivity index (χ3n) is 0. The molecule has 0 aliphatic heterocycles. The second-order valence-corrected chi connectivity index (χ2v) is 0.447. The Kier molecular flexibility index (Phi) is 54.2. The van der Waals surface area contributed by atoms with Gasteiger partial charge in [-0.1, -0.05) is 0 Å². The van der Waals surface area contributed by atoms with Gasteiger partial charge in [-0.15, -0.1) is 0 Å². The van der Waals surface area contributed by atoms with Gasteiger partial charge in [0.05, 0.1) is 0 Å². The van der Waals surface area contributed by atoms with E-state index in [2.05, 4.69) is 5.32 Å². The smallest absolute Gasteiger partial charge is 0 e. The molecular formula is C2H6NTiY-. The van der Waals surface area contributed by atoms with Crippen LogP contribution in [0.3, 0.4) is 0 Å². The van der Waals surface area contributed by atoms with Crippen LogP contribution in [0.5, 0.6) is 0 Å². The summed E-state index contributed by atoms with van der Waals surface area (Å²) < 4.78 is 0. The molecule has 1 nitrogen and oxygen atoms in total. The Bertz CT molecular complexity index is 9.61. The molecule has 0 N–H and O–H groups in total. The summed E-state index contributed by atoms with van der Waals surface area (Å²) in [5.41, 5.74) is 0. The van der Waals surface area contributed by atoms with Crippen molar-refractivity contribution in [2.75, 3.05) is 14.1 Å². The van der Waals surface area contributed by atoms with Crippen LogP contribution in [0.25, 0.3) is 5.32 Å². The Hall–Kier alpha value is 1.78. The molecule has 5 heavy (non-hydrogen) atoms. The molecule has 0 aromatic rings. The van der Waals surface area contributed by atoms with Crippen LogP contribution < -0.4 is 0 Å². The van der Waals surface area contributed by atoms with Crippen LogP contribution in [0.15, 0.2) is 0 Å². The van der Waals surface area contributed by atoms with Gasteiger partial charge in [-0.05, 0) is 0 Å². The molecule has 0 spiro atoms. The average Bonchev–Trinajstić information content (AvgIpc) is 0.918. The zero-order chi connectivity index (χ0) is 2.71. The van der Waals surface area contributed by atoms with Gasteiger partial charge in [-0.2, -0.15) is 14.1 Å². The predicted molar refractivity (Wildman–Crippen MR) is 15.2 cm³/mol. The van der Waals surface area contributed by atoms with Gasteiger partial charge in [-0.3, -0.25) is 0 Å². The molecule has 0 saturated carbocycles. The minimum absolute atomic E-state index is 0. The van der Waals surface area contributed by atoms with Crippen LogP contribution in [-0.4, -0.2) is 14.1 Å². The molecule has 0 heterocycles. The van der Waals surface area contributed by atoms with E-state index >= 15 is 0 Å². The summed E-state index contributed by atoms with van der Waals surface area (Å²) in [4.78, 5) is 0. The quantitative estimate of drug-likeness (QED) is 0.486. The first kappa shape index (κ1) is 15.9. The van der Waals surface area contributed by atoms with Gasteiger partial charge in [0.15, 0.2) is 0 Å². The Morgan fingerprint density at radius 2 is 1.20 bits per heavy atom. The van der Waals surface area contributed by atoms with Gasteiger partial charge in [0.25, 0.3) is 0 Å². The summed E-state index contributed by atoms with van der Waals surface area (Å²) in [6.45, 7) is 0. The number of nitrogens with zero attached hydrogens (tertiary/aromatic N) is 1. The molecule has 0 aliphatic rings. The minimum Gasteiger partial charge on any atom is -0.668 e. The Morgan fingerprint density at radius 1 is 1.20 bits per heavy atom. The van der Waals surface area contributed by atoms with Gasteiger partial charge in [-0.25, -0.2) is 0 Å². The Morgan fingerprint density at radius 3 is 1.20 bits per heavy atom. The van der Waals surface area contributed by atoms with Gasteiger partial charge in [0.1, 0.15) is 0 Å². The average molecular weight is 181 g/mol. The number of rotatable bonds is 0. The maximum absolute atomic E-state index is 3.50. The monoisotopic (exact) mass is 181 g/mol. The van der Waals surface area contributed by atoms with Crippen molar-refractivity contribution >= 4 is 0 Å². The topological polar surface area (TPSA) is 14.1 Å². The SMILES string of the molecule is C[N-]C.[Ti].[Y]. The van der Waals surface area contributed by atoms with Gasteiger partial charge < -0.3 is 5.32 Å².